The van der Waals surface area contributed by atoms with Crippen molar-refractivity contribution in [2.24, 2.45) is 5.41 Å². The van der Waals surface area contributed by atoms with E-state index in [4.69, 9.17) is 14.0 Å². The number of aryl methyl sites for hydroxylation is 1. The highest BCUT2D eigenvalue weighted by molar-refractivity contribution is 5.93. The summed E-state index contributed by atoms with van der Waals surface area (Å²) in [7, 11) is 0. The Labute approximate surface area is 176 Å². The minimum atomic E-state index is -4.52. The largest absolute Gasteiger partial charge is 0.481 e. The van der Waals surface area contributed by atoms with Gasteiger partial charge in [0.05, 0.1) is 13.2 Å². The summed E-state index contributed by atoms with van der Waals surface area (Å²) in [5, 5.41) is 6.75. The van der Waals surface area contributed by atoms with E-state index in [1.54, 1.807) is 6.92 Å². The third-order valence-corrected chi connectivity index (χ3v) is 5.55. The molecule has 11 heteroatoms. The van der Waals surface area contributed by atoms with Crippen molar-refractivity contribution in [3.63, 3.8) is 0 Å². The molecule has 1 saturated heterocycles. The van der Waals surface area contributed by atoms with Crippen molar-refractivity contribution < 1.29 is 32.0 Å². The Morgan fingerprint density at radius 1 is 1.35 bits per heavy atom. The van der Waals surface area contributed by atoms with Crippen LogP contribution in [0.5, 0.6) is 5.75 Å². The van der Waals surface area contributed by atoms with Gasteiger partial charge in [-0.2, -0.15) is 18.2 Å². The molecule has 2 aromatic heterocycles. The molecule has 1 aliphatic carbocycles. The van der Waals surface area contributed by atoms with Crippen molar-refractivity contribution in [3.8, 4) is 5.75 Å². The smallest absolute Gasteiger partial charge is 0.425 e. The first-order valence-electron chi connectivity index (χ1n) is 9.99. The fourth-order valence-electron chi connectivity index (χ4n) is 3.41. The molecule has 0 aromatic carbocycles. The van der Waals surface area contributed by atoms with E-state index in [9.17, 15) is 18.0 Å². The van der Waals surface area contributed by atoms with Crippen LogP contribution in [-0.4, -0.2) is 46.5 Å². The van der Waals surface area contributed by atoms with Gasteiger partial charge in [-0.05, 0) is 25.7 Å². The predicted octanol–water partition coefficient (Wildman–Crippen LogP) is 3.49. The van der Waals surface area contributed by atoms with Crippen LogP contribution < -0.4 is 10.1 Å². The van der Waals surface area contributed by atoms with E-state index in [0.29, 0.717) is 30.5 Å². The zero-order chi connectivity index (χ0) is 22.4. The molecule has 0 bridgehead atoms. The lowest BCUT2D eigenvalue weighted by atomic mass is 9.79. The molecule has 0 radical (unpaired) electrons. The molecule has 1 aliphatic heterocycles. The molecular formula is C20H23F3N4O4. The van der Waals surface area contributed by atoms with Crippen LogP contribution >= 0.6 is 0 Å². The molecule has 2 aliphatic rings. The average Bonchev–Trinajstić information content (AvgIpc) is 3.44. The van der Waals surface area contributed by atoms with Crippen LogP contribution in [0.15, 0.2) is 16.8 Å². The molecule has 8 nitrogen and oxygen atoms in total. The molecule has 2 fully saturated rings. The Morgan fingerprint density at radius 3 is 2.58 bits per heavy atom. The van der Waals surface area contributed by atoms with Gasteiger partial charge in [-0.3, -0.25) is 9.78 Å². The van der Waals surface area contributed by atoms with Gasteiger partial charge < -0.3 is 19.3 Å². The van der Waals surface area contributed by atoms with Gasteiger partial charge in [-0.25, -0.2) is 0 Å². The molecule has 168 valence electrons. The third-order valence-electron chi connectivity index (χ3n) is 5.55. The van der Waals surface area contributed by atoms with Crippen LogP contribution in [0.3, 0.4) is 0 Å². The first-order valence-corrected chi connectivity index (χ1v) is 9.99. The number of hydrogen-bond donors (Lipinski definition) is 1. The molecule has 3 heterocycles. The van der Waals surface area contributed by atoms with Crippen molar-refractivity contribution in [2.45, 2.75) is 57.9 Å². The van der Waals surface area contributed by atoms with Crippen LogP contribution in [0.25, 0.3) is 0 Å². The minimum Gasteiger partial charge on any atom is -0.481 e. The molecular weight excluding hydrogens is 417 g/mol. The molecule has 4 rings (SSSR count). The molecule has 1 unspecified atom stereocenters. The Bertz CT molecular complexity index is 970. The van der Waals surface area contributed by atoms with Crippen LogP contribution in [0, 0.1) is 12.3 Å². The number of carbonyl (C=O) groups excluding carboxylic acids is 1. The zero-order valence-corrected chi connectivity index (χ0v) is 17.3. The fourth-order valence-corrected chi connectivity index (χ4v) is 3.41. The average molecular weight is 440 g/mol. The number of nitrogens with one attached hydrogen (secondary N) is 1. The molecule has 2 aromatic rings. The van der Waals surface area contributed by atoms with Gasteiger partial charge in [0.2, 0.25) is 5.89 Å². The highest BCUT2D eigenvalue weighted by Gasteiger charge is 2.46. The number of hydrogen-bond acceptors (Lipinski definition) is 7. The monoisotopic (exact) mass is 440 g/mol. The Kier molecular flexibility index (Phi) is 5.40. The number of ether oxygens (including phenoxy) is 2. The summed E-state index contributed by atoms with van der Waals surface area (Å²) >= 11 is 0. The van der Waals surface area contributed by atoms with Crippen molar-refractivity contribution in [3.05, 3.63) is 35.2 Å². The van der Waals surface area contributed by atoms with Crippen LogP contribution in [0.2, 0.25) is 0 Å². The van der Waals surface area contributed by atoms with E-state index in [1.165, 1.54) is 12.3 Å². The Balaban J connectivity index is 1.59. The minimum absolute atomic E-state index is 0.0256. The van der Waals surface area contributed by atoms with E-state index in [2.05, 4.69) is 20.4 Å². The lowest BCUT2D eigenvalue weighted by molar-refractivity contribution is -0.189. The lowest BCUT2D eigenvalue weighted by Crippen LogP contribution is -2.51. The van der Waals surface area contributed by atoms with Gasteiger partial charge in [0.1, 0.15) is 17.5 Å². The van der Waals surface area contributed by atoms with E-state index < -0.39 is 29.6 Å². The molecule has 31 heavy (non-hydrogen) atoms. The van der Waals surface area contributed by atoms with Gasteiger partial charge in [0, 0.05) is 30.2 Å². The number of alkyl halides is 3. The number of nitrogens with zero attached hydrogens (tertiary/aromatic N) is 3. The van der Waals surface area contributed by atoms with Crippen LogP contribution in [0.4, 0.5) is 13.2 Å². The summed E-state index contributed by atoms with van der Waals surface area (Å²) in [4.78, 5) is 21.4. The van der Waals surface area contributed by atoms with E-state index in [1.807, 2.05) is 6.92 Å². The van der Waals surface area contributed by atoms with Gasteiger partial charge in [0.25, 0.3) is 5.91 Å². The lowest BCUT2D eigenvalue weighted by Gasteiger charge is -2.43. The van der Waals surface area contributed by atoms with Crippen molar-refractivity contribution in [2.75, 3.05) is 13.2 Å². The van der Waals surface area contributed by atoms with E-state index in [0.717, 1.165) is 19.8 Å². The number of carbonyl (C=O) groups is 1. The van der Waals surface area contributed by atoms with Crippen LogP contribution in [0.1, 0.15) is 66.4 Å². The number of pyridine rings is 1. The quantitative estimate of drug-likeness (QED) is 0.704. The molecule has 0 spiro atoms. The highest BCUT2D eigenvalue weighted by atomic mass is 19.4. The van der Waals surface area contributed by atoms with Gasteiger partial charge >= 0.3 is 6.18 Å². The standard InChI is InChI=1S/C20H23F3N4O4/c1-10(20(21,22)23)30-15-6-14(24-7-13(15)12-4-5-12)18(28)26-16(19(3)8-29-9-19)17-25-11(2)31-27-17/h6-7,10,12,16H,4-5,8-9H2,1-3H3,(H,26,28)/t10-,16?/m0/s1. The Morgan fingerprint density at radius 2 is 2.06 bits per heavy atom. The number of rotatable bonds is 7. The van der Waals surface area contributed by atoms with Gasteiger partial charge in [-0.15, -0.1) is 0 Å². The van der Waals surface area contributed by atoms with Gasteiger partial charge in [-0.1, -0.05) is 12.1 Å². The third kappa shape index (κ3) is 4.51. The number of aromatic nitrogens is 3. The summed E-state index contributed by atoms with van der Waals surface area (Å²) in [6, 6.07) is 0.651. The van der Waals surface area contributed by atoms with Crippen molar-refractivity contribution in [1.82, 2.24) is 20.4 Å². The summed E-state index contributed by atoms with van der Waals surface area (Å²) in [5.41, 5.74) is 0.0736. The number of halogens is 3. The molecule has 1 saturated carbocycles. The maximum Gasteiger partial charge on any atom is 0.425 e. The van der Waals surface area contributed by atoms with Crippen molar-refractivity contribution >= 4 is 5.91 Å². The maximum absolute atomic E-state index is 13.0. The predicted molar refractivity (Wildman–Crippen MR) is 101 cm³/mol. The zero-order valence-electron chi connectivity index (χ0n) is 17.3. The molecule has 1 N–H and O–H groups in total. The first-order chi connectivity index (χ1) is 14.6. The summed E-state index contributed by atoms with van der Waals surface area (Å²) in [6.45, 7) is 5.26. The highest BCUT2D eigenvalue weighted by Crippen LogP contribution is 2.45. The van der Waals surface area contributed by atoms with Gasteiger partial charge in [0.15, 0.2) is 11.9 Å². The second-order valence-electron chi connectivity index (χ2n) is 8.41. The van der Waals surface area contributed by atoms with E-state index >= 15 is 0 Å². The summed E-state index contributed by atoms with van der Waals surface area (Å²) in [5.74, 6) is 0.196. The SMILES string of the molecule is Cc1nc(C(NC(=O)c2cc(O[C@@H](C)C(F)(F)F)c(C3CC3)cn2)C2(C)COC2)no1. The number of amides is 1. The maximum atomic E-state index is 13.0. The molecule has 1 amide bonds. The molecule has 2 atom stereocenters. The second-order valence-corrected chi connectivity index (χ2v) is 8.41. The first kappa shape index (κ1) is 21.5. The van der Waals surface area contributed by atoms with E-state index in [-0.39, 0.29) is 17.4 Å². The topological polar surface area (TPSA) is 99.4 Å². The Hall–Kier alpha value is -2.69. The fraction of sp³-hybridized carbons (Fsp3) is 0.600. The normalized spacial score (nSPS) is 19.9. The van der Waals surface area contributed by atoms with Crippen molar-refractivity contribution in [1.29, 1.82) is 0 Å². The summed E-state index contributed by atoms with van der Waals surface area (Å²) < 4.78 is 54.6. The summed E-state index contributed by atoms with van der Waals surface area (Å²) in [6.07, 6.45) is -3.41. The van der Waals surface area contributed by atoms with Crippen LogP contribution in [-0.2, 0) is 4.74 Å². The second kappa shape index (κ2) is 7.77.